The molecule has 0 amide bonds. The van der Waals surface area contributed by atoms with Crippen LogP contribution < -0.4 is 0 Å². The molecule has 1 atom stereocenters. The van der Waals surface area contributed by atoms with Crippen LogP contribution in [0.25, 0.3) is 0 Å². The van der Waals surface area contributed by atoms with E-state index in [1.165, 1.54) is 25.7 Å². The maximum atomic E-state index is 11.9. The summed E-state index contributed by atoms with van der Waals surface area (Å²) >= 11 is 0. The van der Waals surface area contributed by atoms with Gasteiger partial charge < -0.3 is 4.90 Å². The first-order valence-electron chi connectivity index (χ1n) is 6.96. The van der Waals surface area contributed by atoms with Crippen molar-refractivity contribution >= 4 is 5.78 Å². The molecule has 2 nitrogen and oxygen atoms in total. The molecule has 100 valence electrons. The zero-order valence-corrected chi connectivity index (χ0v) is 12.0. The van der Waals surface area contributed by atoms with E-state index in [0.717, 1.165) is 19.4 Å². The van der Waals surface area contributed by atoms with E-state index < -0.39 is 0 Å². The Hall–Kier alpha value is -0.630. The van der Waals surface area contributed by atoms with Crippen LogP contribution in [0, 0.1) is 5.92 Å². The number of likely N-dealkylation sites (N-methyl/N-ethyl adjacent to an activating group) is 1. The summed E-state index contributed by atoms with van der Waals surface area (Å²) in [7, 11) is 4.02. The van der Waals surface area contributed by atoms with Crippen LogP contribution in [0.1, 0.15) is 52.4 Å². The average Bonchev–Trinajstić information content (AvgIpc) is 2.28. The molecule has 0 rings (SSSR count). The van der Waals surface area contributed by atoms with Crippen LogP contribution in [0.5, 0.6) is 0 Å². The van der Waals surface area contributed by atoms with Crippen molar-refractivity contribution in [2.24, 2.45) is 5.92 Å². The largest absolute Gasteiger partial charge is 0.306 e. The Morgan fingerprint density at radius 3 is 2.41 bits per heavy atom. The van der Waals surface area contributed by atoms with Crippen molar-refractivity contribution in [2.75, 3.05) is 20.6 Å². The third-order valence-corrected chi connectivity index (χ3v) is 3.05. The van der Waals surface area contributed by atoms with Crippen molar-refractivity contribution in [2.45, 2.75) is 52.4 Å². The lowest BCUT2D eigenvalue weighted by Crippen LogP contribution is -2.14. The van der Waals surface area contributed by atoms with E-state index in [2.05, 4.69) is 18.7 Å². The van der Waals surface area contributed by atoms with Crippen molar-refractivity contribution < 1.29 is 4.79 Å². The highest BCUT2D eigenvalue weighted by Crippen LogP contribution is 2.15. The average molecular weight is 239 g/mol. The number of hydrogen-bond acceptors (Lipinski definition) is 2. The summed E-state index contributed by atoms with van der Waals surface area (Å²) < 4.78 is 0. The number of carbonyl (C=O) groups is 1. The first-order chi connectivity index (χ1) is 8.11. The predicted molar refractivity (Wildman–Crippen MR) is 75.2 cm³/mol. The number of hydrogen-bond donors (Lipinski definition) is 0. The van der Waals surface area contributed by atoms with Gasteiger partial charge in [0.2, 0.25) is 0 Å². The highest BCUT2D eigenvalue weighted by molar-refractivity contribution is 5.91. The fourth-order valence-corrected chi connectivity index (χ4v) is 1.88. The topological polar surface area (TPSA) is 20.3 Å². The maximum Gasteiger partial charge on any atom is 0.158 e. The molecule has 0 aliphatic heterocycles. The van der Waals surface area contributed by atoms with Crippen LogP contribution >= 0.6 is 0 Å². The van der Waals surface area contributed by atoms with Gasteiger partial charge in [-0.05, 0) is 33.0 Å². The summed E-state index contributed by atoms with van der Waals surface area (Å²) in [5.41, 5.74) is 0. The molecule has 0 spiro atoms. The molecular weight excluding hydrogens is 210 g/mol. The Balaban J connectivity index is 3.90. The van der Waals surface area contributed by atoms with E-state index in [9.17, 15) is 4.79 Å². The highest BCUT2D eigenvalue weighted by atomic mass is 16.1. The molecule has 2 heteroatoms. The van der Waals surface area contributed by atoms with E-state index in [1.807, 2.05) is 20.2 Å². The molecule has 0 N–H and O–H groups in total. The molecule has 0 radical (unpaired) electrons. The number of unbranched alkanes of at least 4 members (excludes halogenated alkanes) is 3. The second kappa shape index (κ2) is 10.5. The van der Waals surface area contributed by atoms with Gasteiger partial charge >= 0.3 is 0 Å². The number of nitrogens with zero attached hydrogens (tertiary/aromatic N) is 1. The fraction of sp³-hybridized carbons (Fsp3) is 0.800. The Morgan fingerprint density at radius 1 is 1.18 bits per heavy atom. The zero-order chi connectivity index (χ0) is 13.1. The zero-order valence-electron chi connectivity index (χ0n) is 12.0. The minimum Gasteiger partial charge on any atom is -0.306 e. The Morgan fingerprint density at radius 2 is 1.88 bits per heavy atom. The van der Waals surface area contributed by atoms with Gasteiger partial charge in [0, 0.05) is 12.5 Å². The van der Waals surface area contributed by atoms with Crippen molar-refractivity contribution in [1.82, 2.24) is 4.90 Å². The lowest BCUT2D eigenvalue weighted by atomic mass is 9.94. The summed E-state index contributed by atoms with van der Waals surface area (Å²) in [6, 6.07) is 0. The van der Waals surface area contributed by atoms with Gasteiger partial charge in [-0.2, -0.15) is 0 Å². The molecule has 0 aromatic carbocycles. The quantitative estimate of drug-likeness (QED) is 0.428. The molecule has 0 saturated carbocycles. The van der Waals surface area contributed by atoms with Crippen LogP contribution in [0.3, 0.4) is 0 Å². The van der Waals surface area contributed by atoms with Crippen molar-refractivity contribution in [3.63, 3.8) is 0 Å². The first-order valence-corrected chi connectivity index (χ1v) is 6.96. The smallest absolute Gasteiger partial charge is 0.158 e. The molecule has 0 aliphatic rings. The Bertz CT molecular complexity index is 221. The van der Waals surface area contributed by atoms with Gasteiger partial charge in [0.1, 0.15) is 0 Å². The maximum absolute atomic E-state index is 11.9. The van der Waals surface area contributed by atoms with E-state index in [-0.39, 0.29) is 5.92 Å². The third-order valence-electron chi connectivity index (χ3n) is 3.05. The van der Waals surface area contributed by atoms with Crippen LogP contribution in [-0.4, -0.2) is 31.3 Å². The summed E-state index contributed by atoms with van der Waals surface area (Å²) in [5.74, 6) is 0.552. The summed E-state index contributed by atoms with van der Waals surface area (Å²) in [5, 5.41) is 0. The van der Waals surface area contributed by atoms with Crippen LogP contribution in [0.15, 0.2) is 12.2 Å². The van der Waals surface area contributed by atoms with E-state index in [1.54, 1.807) is 6.08 Å². The summed E-state index contributed by atoms with van der Waals surface area (Å²) in [6.45, 7) is 5.17. The van der Waals surface area contributed by atoms with Crippen LogP contribution in [-0.2, 0) is 4.79 Å². The molecule has 0 aromatic rings. The van der Waals surface area contributed by atoms with Crippen molar-refractivity contribution in [3.05, 3.63) is 12.2 Å². The third kappa shape index (κ3) is 9.11. The highest BCUT2D eigenvalue weighted by Gasteiger charge is 2.12. The van der Waals surface area contributed by atoms with Crippen molar-refractivity contribution in [1.29, 1.82) is 0 Å². The number of rotatable bonds is 10. The standard InChI is InChI=1S/C15H29NO/c1-5-7-8-9-11-14(6-2)15(17)12-10-13-16(3)4/h10,12,14H,5-9,11,13H2,1-4H3/b12-10+. The monoisotopic (exact) mass is 239 g/mol. The van der Waals surface area contributed by atoms with Crippen LogP contribution in [0.2, 0.25) is 0 Å². The second-order valence-electron chi connectivity index (χ2n) is 5.02. The lowest BCUT2D eigenvalue weighted by molar-refractivity contribution is -0.118. The molecule has 17 heavy (non-hydrogen) atoms. The normalized spacial score (nSPS) is 13.5. The minimum absolute atomic E-state index is 0.241. The predicted octanol–water partition coefficient (Wildman–Crippen LogP) is 3.67. The van der Waals surface area contributed by atoms with Gasteiger partial charge in [0.25, 0.3) is 0 Å². The van der Waals surface area contributed by atoms with Crippen LogP contribution in [0.4, 0.5) is 0 Å². The molecule has 0 saturated heterocycles. The molecule has 0 fully saturated rings. The van der Waals surface area contributed by atoms with E-state index >= 15 is 0 Å². The van der Waals surface area contributed by atoms with E-state index in [4.69, 9.17) is 0 Å². The number of carbonyl (C=O) groups excluding carboxylic acids is 1. The van der Waals surface area contributed by atoms with Gasteiger partial charge in [-0.1, -0.05) is 45.6 Å². The molecule has 0 aromatic heterocycles. The van der Waals surface area contributed by atoms with Gasteiger partial charge in [0.15, 0.2) is 5.78 Å². The SMILES string of the molecule is CCCCCCC(CC)C(=O)/C=C/CN(C)C. The van der Waals surface area contributed by atoms with Gasteiger partial charge in [0.05, 0.1) is 0 Å². The molecular formula is C15H29NO. The first kappa shape index (κ1) is 16.4. The molecule has 0 bridgehead atoms. The van der Waals surface area contributed by atoms with Gasteiger partial charge in [-0.25, -0.2) is 0 Å². The Kier molecular flexibility index (Phi) is 10.1. The Labute approximate surface area is 107 Å². The molecule has 0 heterocycles. The second-order valence-corrected chi connectivity index (χ2v) is 5.02. The number of allylic oxidation sites excluding steroid dienone is 1. The summed E-state index contributed by atoms with van der Waals surface area (Å²) in [6.07, 6.45) is 10.8. The van der Waals surface area contributed by atoms with Gasteiger partial charge in [-0.3, -0.25) is 4.79 Å². The van der Waals surface area contributed by atoms with Crippen molar-refractivity contribution in [3.8, 4) is 0 Å². The number of ketones is 1. The van der Waals surface area contributed by atoms with Gasteiger partial charge in [-0.15, -0.1) is 0 Å². The summed E-state index contributed by atoms with van der Waals surface area (Å²) in [4.78, 5) is 14.0. The fourth-order valence-electron chi connectivity index (χ4n) is 1.88. The lowest BCUT2D eigenvalue weighted by Gasteiger charge is -2.11. The van der Waals surface area contributed by atoms with E-state index in [0.29, 0.717) is 5.78 Å². The minimum atomic E-state index is 0.241. The molecule has 0 aliphatic carbocycles. The molecule has 1 unspecified atom stereocenters.